The quantitative estimate of drug-likeness (QED) is 0.864. The fraction of sp³-hybridized carbons (Fsp3) is 0.556. The molecule has 142 valence electrons. The van der Waals surface area contributed by atoms with E-state index in [1.807, 2.05) is 4.90 Å². The number of hydrogen-bond acceptors (Lipinski definition) is 2. The number of amides is 4. The number of carbonyl (C=O) groups excluding carboxylic acids is 2. The smallest absolute Gasteiger partial charge is 0.317 e. The molecule has 1 unspecified atom stereocenters. The van der Waals surface area contributed by atoms with E-state index in [-0.39, 0.29) is 18.1 Å². The van der Waals surface area contributed by atoms with Crippen molar-refractivity contribution in [3.8, 4) is 0 Å². The lowest BCUT2D eigenvalue weighted by molar-refractivity contribution is 0.118. The van der Waals surface area contributed by atoms with Crippen molar-refractivity contribution in [3.63, 3.8) is 0 Å². The number of halogens is 2. The van der Waals surface area contributed by atoms with Gasteiger partial charge in [0.15, 0.2) is 11.6 Å². The molecular weight excluding hydrogens is 342 g/mol. The Hall–Kier alpha value is -2.38. The molecule has 0 radical (unpaired) electrons. The average molecular weight is 366 g/mol. The van der Waals surface area contributed by atoms with Gasteiger partial charge in [0.1, 0.15) is 0 Å². The second-order valence-electron chi connectivity index (χ2n) is 6.84. The van der Waals surface area contributed by atoms with E-state index in [0.29, 0.717) is 18.7 Å². The number of hydrogen-bond donors (Lipinski definition) is 2. The lowest BCUT2D eigenvalue weighted by atomic mass is 10.0. The van der Waals surface area contributed by atoms with E-state index < -0.39 is 17.7 Å². The molecule has 2 fully saturated rings. The molecule has 2 heterocycles. The highest BCUT2D eigenvalue weighted by Gasteiger charge is 2.31. The Morgan fingerprint density at radius 3 is 2.62 bits per heavy atom. The lowest BCUT2D eigenvalue weighted by Gasteiger charge is -2.40. The monoisotopic (exact) mass is 366 g/mol. The topological polar surface area (TPSA) is 64.7 Å². The van der Waals surface area contributed by atoms with Gasteiger partial charge in [0.2, 0.25) is 0 Å². The van der Waals surface area contributed by atoms with Crippen molar-refractivity contribution in [1.29, 1.82) is 0 Å². The number of urea groups is 2. The summed E-state index contributed by atoms with van der Waals surface area (Å²) in [5.41, 5.74) is 0.511. The molecule has 2 aliphatic rings. The largest absolute Gasteiger partial charge is 0.338 e. The molecule has 2 N–H and O–H groups in total. The van der Waals surface area contributed by atoms with E-state index in [1.165, 1.54) is 6.07 Å². The molecule has 26 heavy (non-hydrogen) atoms. The Kier molecular flexibility index (Phi) is 5.58. The Labute approximate surface area is 151 Å². The predicted molar refractivity (Wildman–Crippen MR) is 92.6 cm³/mol. The van der Waals surface area contributed by atoms with Gasteiger partial charge < -0.3 is 20.4 Å². The zero-order chi connectivity index (χ0) is 18.7. The SMILES string of the molecule is CC(NC(=O)N1CCC(N2CCCNC2=O)CC1)c1ccc(F)c(F)c1. The van der Waals surface area contributed by atoms with Crippen LogP contribution < -0.4 is 10.6 Å². The van der Waals surface area contributed by atoms with Crippen molar-refractivity contribution < 1.29 is 18.4 Å². The van der Waals surface area contributed by atoms with Crippen LogP contribution in [0.25, 0.3) is 0 Å². The van der Waals surface area contributed by atoms with Crippen molar-refractivity contribution in [1.82, 2.24) is 20.4 Å². The number of piperidine rings is 1. The van der Waals surface area contributed by atoms with Crippen molar-refractivity contribution >= 4 is 12.1 Å². The van der Waals surface area contributed by atoms with Gasteiger partial charge in [-0.2, -0.15) is 0 Å². The predicted octanol–water partition coefficient (Wildman–Crippen LogP) is 2.62. The van der Waals surface area contributed by atoms with E-state index in [9.17, 15) is 18.4 Å². The van der Waals surface area contributed by atoms with Crippen LogP contribution in [0.3, 0.4) is 0 Å². The van der Waals surface area contributed by atoms with Crippen LogP contribution >= 0.6 is 0 Å². The molecule has 6 nitrogen and oxygen atoms in total. The van der Waals surface area contributed by atoms with Crippen molar-refractivity contribution in [3.05, 3.63) is 35.4 Å². The number of carbonyl (C=O) groups is 2. The van der Waals surface area contributed by atoms with Gasteiger partial charge in [-0.1, -0.05) is 6.07 Å². The van der Waals surface area contributed by atoms with Crippen LogP contribution in [-0.4, -0.2) is 54.1 Å². The molecule has 2 aliphatic heterocycles. The molecule has 0 aliphatic carbocycles. The summed E-state index contributed by atoms with van der Waals surface area (Å²) in [6.45, 7) is 4.33. The van der Waals surface area contributed by atoms with Crippen LogP contribution in [0.1, 0.15) is 37.8 Å². The summed E-state index contributed by atoms with van der Waals surface area (Å²) in [5, 5.41) is 5.67. The molecule has 1 aromatic carbocycles. The van der Waals surface area contributed by atoms with E-state index in [2.05, 4.69) is 10.6 Å². The average Bonchev–Trinajstić information content (AvgIpc) is 2.64. The standard InChI is InChI=1S/C18H24F2N4O2/c1-12(13-3-4-15(19)16(20)11-13)22-18(26)23-9-5-14(6-10-23)24-8-2-7-21-17(24)25/h3-4,11-12,14H,2,5-10H2,1H3,(H,21,25)(H,22,26). The number of nitrogens with zero attached hydrogens (tertiary/aromatic N) is 2. The van der Waals surface area contributed by atoms with Crippen LogP contribution in [0.4, 0.5) is 18.4 Å². The van der Waals surface area contributed by atoms with Gasteiger partial charge in [-0.25, -0.2) is 18.4 Å². The molecule has 8 heteroatoms. The third-order valence-electron chi connectivity index (χ3n) is 5.09. The van der Waals surface area contributed by atoms with E-state index in [4.69, 9.17) is 0 Å². The number of benzene rings is 1. The van der Waals surface area contributed by atoms with Gasteiger partial charge in [0.25, 0.3) is 0 Å². The van der Waals surface area contributed by atoms with Crippen LogP contribution in [0.15, 0.2) is 18.2 Å². The molecule has 0 aromatic heterocycles. The van der Waals surface area contributed by atoms with Crippen molar-refractivity contribution in [2.24, 2.45) is 0 Å². The summed E-state index contributed by atoms with van der Waals surface area (Å²) in [6, 6.07) is 3.09. The van der Waals surface area contributed by atoms with Crippen molar-refractivity contribution in [2.45, 2.75) is 38.3 Å². The van der Waals surface area contributed by atoms with Gasteiger partial charge in [-0.05, 0) is 43.9 Å². The molecule has 1 aromatic rings. The van der Waals surface area contributed by atoms with Gasteiger partial charge >= 0.3 is 12.1 Å². The molecule has 0 spiro atoms. The second-order valence-corrected chi connectivity index (χ2v) is 6.84. The number of rotatable bonds is 3. The second kappa shape index (κ2) is 7.88. The van der Waals surface area contributed by atoms with Gasteiger partial charge in [-0.15, -0.1) is 0 Å². The Morgan fingerprint density at radius 2 is 1.96 bits per heavy atom. The third kappa shape index (κ3) is 4.05. The molecule has 0 bridgehead atoms. The van der Waals surface area contributed by atoms with Crippen LogP contribution in [0, 0.1) is 11.6 Å². The molecule has 3 rings (SSSR count). The molecule has 2 saturated heterocycles. The van der Waals surface area contributed by atoms with Gasteiger partial charge in [0, 0.05) is 32.2 Å². The zero-order valence-electron chi connectivity index (χ0n) is 14.8. The summed E-state index contributed by atoms with van der Waals surface area (Å²) >= 11 is 0. The van der Waals surface area contributed by atoms with E-state index in [0.717, 1.165) is 44.5 Å². The van der Waals surface area contributed by atoms with Gasteiger partial charge in [0.05, 0.1) is 6.04 Å². The Morgan fingerprint density at radius 1 is 1.23 bits per heavy atom. The minimum Gasteiger partial charge on any atom is -0.338 e. The van der Waals surface area contributed by atoms with Crippen molar-refractivity contribution in [2.75, 3.05) is 26.2 Å². The summed E-state index contributed by atoms with van der Waals surface area (Å²) in [4.78, 5) is 27.9. The minimum atomic E-state index is -0.927. The van der Waals surface area contributed by atoms with Crippen LogP contribution in [0.2, 0.25) is 0 Å². The maximum Gasteiger partial charge on any atom is 0.317 e. The first kappa shape index (κ1) is 18.4. The number of nitrogens with one attached hydrogen (secondary N) is 2. The zero-order valence-corrected chi connectivity index (χ0v) is 14.8. The first-order valence-corrected chi connectivity index (χ1v) is 9.00. The molecule has 0 saturated carbocycles. The first-order chi connectivity index (χ1) is 12.5. The first-order valence-electron chi connectivity index (χ1n) is 9.00. The summed E-state index contributed by atoms with van der Waals surface area (Å²) in [6.07, 6.45) is 2.42. The Bertz CT molecular complexity index is 677. The summed E-state index contributed by atoms with van der Waals surface area (Å²) in [5.74, 6) is -1.83. The summed E-state index contributed by atoms with van der Waals surface area (Å²) < 4.78 is 26.4. The number of likely N-dealkylation sites (tertiary alicyclic amines) is 1. The molecular formula is C18H24F2N4O2. The highest BCUT2D eigenvalue weighted by Crippen LogP contribution is 2.20. The van der Waals surface area contributed by atoms with Crippen LogP contribution in [0.5, 0.6) is 0 Å². The fourth-order valence-corrected chi connectivity index (χ4v) is 3.52. The third-order valence-corrected chi connectivity index (χ3v) is 5.09. The fourth-order valence-electron chi connectivity index (χ4n) is 3.52. The normalized spacial score (nSPS) is 19.9. The maximum absolute atomic E-state index is 13.3. The van der Waals surface area contributed by atoms with E-state index in [1.54, 1.807) is 11.8 Å². The molecule has 1 atom stereocenters. The summed E-state index contributed by atoms with van der Waals surface area (Å²) in [7, 11) is 0. The van der Waals surface area contributed by atoms with Crippen LogP contribution in [-0.2, 0) is 0 Å². The highest BCUT2D eigenvalue weighted by atomic mass is 19.2. The van der Waals surface area contributed by atoms with Gasteiger partial charge in [-0.3, -0.25) is 0 Å². The van der Waals surface area contributed by atoms with E-state index >= 15 is 0 Å². The lowest BCUT2D eigenvalue weighted by Crippen LogP contribution is -2.55. The minimum absolute atomic E-state index is 0.0221. The Balaban J connectivity index is 1.51. The maximum atomic E-state index is 13.3. The molecule has 4 amide bonds. The highest BCUT2D eigenvalue weighted by molar-refractivity contribution is 5.76.